The number of carbonyl (C=O) groups excluding carboxylic acids is 1. The van der Waals surface area contributed by atoms with Crippen molar-refractivity contribution in [3.63, 3.8) is 0 Å². The van der Waals surface area contributed by atoms with Gasteiger partial charge in [0.25, 0.3) is 0 Å². The van der Waals surface area contributed by atoms with Gasteiger partial charge in [0.2, 0.25) is 5.91 Å². The predicted octanol–water partition coefficient (Wildman–Crippen LogP) is 3.91. The molecular formula is C22H22FNO4S. The lowest BCUT2D eigenvalue weighted by Crippen LogP contribution is -2.33. The van der Waals surface area contributed by atoms with Gasteiger partial charge in [0.15, 0.2) is 9.84 Å². The Hall–Kier alpha value is -2.93. The molecule has 0 aliphatic carbocycles. The summed E-state index contributed by atoms with van der Waals surface area (Å²) in [6.45, 7) is 3.42. The molecule has 0 radical (unpaired) electrons. The Morgan fingerprint density at radius 3 is 2.48 bits per heavy atom. The van der Waals surface area contributed by atoms with Crippen molar-refractivity contribution in [3.8, 4) is 0 Å². The van der Waals surface area contributed by atoms with E-state index in [0.29, 0.717) is 11.1 Å². The third-order valence-corrected chi connectivity index (χ3v) is 6.85. The van der Waals surface area contributed by atoms with Gasteiger partial charge in [0.1, 0.15) is 16.8 Å². The molecule has 1 N–H and O–H groups in total. The quantitative estimate of drug-likeness (QED) is 0.635. The summed E-state index contributed by atoms with van der Waals surface area (Å²) in [5, 5.41) is 1.61. The molecule has 0 spiro atoms. The molecule has 0 fully saturated rings. The van der Waals surface area contributed by atoms with Gasteiger partial charge in [0.05, 0.1) is 17.6 Å². The standard InChI is InChI=1S/C22H22FNO4S/c1-15-5-6-16(2)20(12-15)29(26,27)21(19-4-3-11-28-19)14-24-22(25)13-17-7-9-18(23)10-8-17/h3-12,21H,13-14H2,1-2H3,(H,24,25)/t21-/m0/s1. The highest BCUT2D eigenvalue weighted by molar-refractivity contribution is 7.91. The molecule has 2 aromatic carbocycles. The molecule has 0 aliphatic rings. The van der Waals surface area contributed by atoms with Crippen LogP contribution >= 0.6 is 0 Å². The Morgan fingerprint density at radius 1 is 1.10 bits per heavy atom. The largest absolute Gasteiger partial charge is 0.468 e. The van der Waals surface area contributed by atoms with E-state index in [1.54, 1.807) is 31.2 Å². The molecule has 0 bridgehead atoms. The molecule has 29 heavy (non-hydrogen) atoms. The molecule has 1 aromatic heterocycles. The first-order valence-corrected chi connectivity index (χ1v) is 10.7. The van der Waals surface area contributed by atoms with Gasteiger partial charge in [-0.15, -0.1) is 0 Å². The Balaban J connectivity index is 1.82. The van der Waals surface area contributed by atoms with E-state index in [-0.39, 0.29) is 35.3 Å². The van der Waals surface area contributed by atoms with Gasteiger partial charge in [-0.05, 0) is 60.9 Å². The molecule has 0 saturated carbocycles. The van der Waals surface area contributed by atoms with Crippen LogP contribution in [0.25, 0.3) is 0 Å². The van der Waals surface area contributed by atoms with Crippen molar-refractivity contribution in [3.05, 3.63) is 89.1 Å². The maximum absolute atomic E-state index is 13.4. The van der Waals surface area contributed by atoms with Gasteiger partial charge in [-0.25, -0.2) is 12.8 Å². The lowest BCUT2D eigenvalue weighted by molar-refractivity contribution is -0.120. The molecule has 0 aliphatic heterocycles. The van der Waals surface area contributed by atoms with E-state index in [4.69, 9.17) is 4.42 Å². The van der Waals surface area contributed by atoms with Crippen molar-refractivity contribution in [2.24, 2.45) is 0 Å². The molecule has 0 saturated heterocycles. The number of nitrogens with one attached hydrogen (secondary N) is 1. The molecule has 1 atom stereocenters. The second-order valence-electron chi connectivity index (χ2n) is 6.93. The van der Waals surface area contributed by atoms with Crippen LogP contribution < -0.4 is 5.32 Å². The van der Waals surface area contributed by atoms with Gasteiger partial charge < -0.3 is 9.73 Å². The molecule has 3 aromatic rings. The summed E-state index contributed by atoms with van der Waals surface area (Å²) in [6, 6.07) is 14.0. The van der Waals surface area contributed by atoms with Crippen LogP contribution in [0.3, 0.4) is 0 Å². The Morgan fingerprint density at radius 2 is 1.83 bits per heavy atom. The number of halogens is 1. The van der Waals surface area contributed by atoms with Crippen LogP contribution in [-0.4, -0.2) is 20.9 Å². The lowest BCUT2D eigenvalue weighted by atomic mass is 10.1. The van der Waals surface area contributed by atoms with E-state index < -0.39 is 15.1 Å². The number of carbonyl (C=O) groups is 1. The minimum absolute atomic E-state index is 0.0225. The third kappa shape index (κ3) is 4.92. The van der Waals surface area contributed by atoms with E-state index in [1.807, 2.05) is 13.0 Å². The second-order valence-corrected chi connectivity index (χ2v) is 9.02. The van der Waals surface area contributed by atoms with Gasteiger partial charge in [0, 0.05) is 6.54 Å². The summed E-state index contributed by atoms with van der Waals surface area (Å²) in [5.74, 6) is -0.482. The fourth-order valence-corrected chi connectivity index (χ4v) is 4.98. The number of sulfone groups is 1. The van der Waals surface area contributed by atoms with Crippen molar-refractivity contribution < 1.29 is 22.0 Å². The average Bonchev–Trinajstić information content (AvgIpc) is 3.19. The van der Waals surface area contributed by atoms with E-state index in [0.717, 1.165) is 5.56 Å². The first-order valence-electron chi connectivity index (χ1n) is 9.13. The Kier molecular flexibility index (Phi) is 6.17. The minimum atomic E-state index is -3.81. The van der Waals surface area contributed by atoms with Gasteiger partial charge in [-0.2, -0.15) is 0 Å². The zero-order valence-corrected chi connectivity index (χ0v) is 17.0. The van der Waals surface area contributed by atoms with Crippen LogP contribution in [-0.2, 0) is 21.1 Å². The third-order valence-electron chi connectivity index (χ3n) is 4.65. The van der Waals surface area contributed by atoms with Crippen molar-refractivity contribution in [1.82, 2.24) is 5.32 Å². The first kappa shape index (κ1) is 20.8. The molecule has 7 heteroatoms. The Labute approximate surface area is 169 Å². The predicted molar refractivity (Wildman–Crippen MR) is 108 cm³/mol. The van der Waals surface area contributed by atoms with E-state index in [9.17, 15) is 17.6 Å². The molecule has 0 unspecified atom stereocenters. The number of rotatable bonds is 7. The van der Waals surface area contributed by atoms with Gasteiger partial charge in [-0.3, -0.25) is 4.79 Å². The van der Waals surface area contributed by atoms with Crippen molar-refractivity contribution in [2.45, 2.75) is 30.4 Å². The highest BCUT2D eigenvalue weighted by atomic mass is 32.2. The smallest absolute Gasteiger partial charge is 0.224 e. The van der Waals surface area contributed by atoms with Crippen LogP contribution in [0.2, 0.25) is 0 Å². The molecule has 1 heterocycles. The number of benzene rings is 2. The molecule has 1 amide bonds. The fraction of sp³-hybridized carbons (Fsp3) is 0.227. The highest BCUT2D eigenvalue weighted by Gasteiger charge is 2.33. The second kappa shape index (κ2) is 8.61. The monoisotopic (exact) mass is 415 g/mol. The summed E-state index contributed by atoms with van der Waals surface area (Å²) in [6.07, 6.45) is 1.43. The zero-order valence-electron chi connectivity index (χ0n) is 16.2. The molecule has 3 rings (SSSR count). The Bertz CT molecular complexity index is 1090. The fourth-order valence-electron chi connectivity index (χ4n) is 3.06. The van der Waals surface area contributed by atoms with Crippen LogP contribution in [0.1, 0.15) is 27.7 Å². The highest BCUT2D eigenvalue weighted by Crippen LogP contribution is 2.31. The zero-order chi connectivity index (χ0) is 21.0. The number of hydrogen-bond donors (Lipinski definition) is 1. The van der Waals surface area contributed by atoms with Crippen LogP contribution in [0, 0.1) is 19.7 Å². The van der Waals surface area contributed by atoms with Gasteiger partial charge >= 0.3 is 0 Å². The number of aryl methyl sites for hydroxylation is 2. The van der Waals surface area contributed by atoms with E-state index in [1.165, 1.54) is 30.5 Å². The maximum atomic E-state index is 13.4. The van der Waals surface area contributed by atoms with Crippen molar-refractivity contribution >= 4 is 15.7 Å². The lowest BCUT2D eigenvalue weighted by Gasteiger charge is -2.18. The first-order chi connectivity index (χ1) is 13.8. The van der Waals surface area contributed by atoms with E-state index >= 15 is 0 Å². The molecular weight excluding hydrogens is 393 g/mol. The SMILES string of the molecule is Cc1ccc(C)c(S(=O)(=O)[C@@H](CNC(=O)Cc2ccc(F)cc2)c2ccco2)c1. The summed E-state index contributed by atoms with van der Waals surface area (Å²) >= 11 is 0. The van der Waals surface area contributed by atoms with Crippen LogP contribution in [0.4, 0.5) is 4.39 Å². The molecule has 152 valence electrons. The van der Waals surface area contributed by atoms with Crippen LogP contribution in [0.5, 0.6) is 0 Å². The van der Waals surface area contributed by atoms with Crippen molar-refractivity contribution in [1.29, 1.82) is 0 Å². The van der Waals surface area contributed by atoms with Crippen molar-refractivity contribution in [2.75, 3.05) is 6.54 Å². The maximum Gasteiger partial charge on any atom is 0.224 e. The average molecular weight is 415 g/mol. The summed E-state index contributed by atoms with van der Waals surface area (Å²) < 4.78 is 45.1. The number of amides is 1. The topological polar surface area (TPSA) is 76.4 Å². The minimum Gasteiger partial charge on any atom is -0.468 e. The number of furan rings is 1. The molecule has 5 nitrogen and oxygen atoms in total. The number of hydrogen-bond acceptors (Lipinski definition) is 4. The van der Waals surface area contributed by atoms with Gasteiger partial charge in [-0.1, -0.05) is 24.3 Å². The van der Waals surface area contributed by atoms with Crippen LogP contribution in [0.15, 0.2) is 70.2 Å². The normalized spacial score (nSPS) is 12.5. The summed E-state index contributed by atoms with van der Waals surface area (Å²) in [7, 11) is -3.81. The van der Waals surface area contributed by atoms with E-state index in [2.05, 4.69) is 5.32 Å². The summed E-state index contributed by atoms with van der Waals surface area (Å²) in [4.78, 5) is 12.5. The summed E-state index contributed by atoms with van der Waals surface area (Å²) in [5.41, 5.74) is 2.09.